The van der Waals surface area contributed by atoms with Gasteiger partial charge in [-0.05, 0) is 67.4 Å². The minimum absolute atomic E-state index is 0.364. The molecular formula is C33H51BrMnN6O2Si3. The fourth-order valence-electron chi connectivity index (χ4n) is 5.12. The van der Waals surface area contributed by atoms with E-state index in [1.54, 1.807) is 0 Å². The van der Waals surface area contributed by atoms with Crippen molar-refractivity contribution in [1.29, 1.82) is 0 Å². The van der Waals surface area contributed by atoms with Crippen LogP contribution in [0.1, 0.15) is 31.9 Å². The maximum atomic E-state index is 8.41. The molecule has 6 heterocycles. The molecule has 4 aromatic rings. The number of aromatic amines is 1. The molecular weight excluding hydrogens is 732 g/mol. The summed E-state index contributed by atoms with van der Waals surface area (Å²) in [5.41, 5.74) is 3.78. The summed E-state index contributed by atoms with van der Waals surface area (Å²) in [6.45, 7) is 28.2. The quantitative estimate of drug-likeness (QED) is 0.206. The van der Waals surface area contributed by atoms with E-state index >= 15 is 0 Å². The van der Waals surface area contributed by atoms with Crippen LogP contribution in [-0.4, -0.2) is 57.4 Å². The normalized spacial score (nSPS) is 14.0. The zero-order valence-electron chi connectivity index (χ0n) is 29.3. The molecule has 2 N–H and O–H groups in total. The Balaban J connectivity index is 0.000000182. The van der Waals surface area contributed by atoms with E-state index < -0.39 is 39.2 Å². The Labute approximate surface area is 292 Å². The van der Waals surface area contributed by atoms with Gasteiger partial charge in [-0.3, -0.25) is 0 Å². The fourth-order valence-corrected chi connectivity index (χ4v) is 9.81. The van der Waals surface area contributed by atoms with Crippen LogP contribution >= 0.6 is 15.9 Å². The van der Waals surface area contributed by atoms with Crippen LogP contribution in [0.4, 0.5) is 11.6 Å². The van der Waals surface area contributed by atoms with Gasteiger partial charge in [-0.2, -0.15) is 0 Å². The number of fused-ring (bicyclic) bond motifs is 3. The number of hydrogen-bond donors (Lipinski definition) is 2. The van der Waals surface area contributed by atoms with E-state index in [1.165, 1.54) is 32.7 Å². The van der Waals surface area contributed by atoms with E-state index in [-0.39, 0.29) is 0 Å². The number of nitrogens with zero attached hydrogens (tertiary/aromatic N) is 4. The van der Waals surface area contributed by atoms with Crippen molar-refractivity contribution < 1.29 is 22.5 Å². The number of halogens is 1. The van der Waals surface area contributed by atoms with Crippen molar-refractivity contribution in [3.05, 3.63) is 64.7 Å². The van der Waals surface area contributed by atoms with Gasteiger partial charge >= 0.3 is 22.5 Å². The van der Waals surface area contributed by atoms with Crippen LogP contribution in [0.25, 0.3) is 11.0 Å². The van der Waals surface area contributed by atoms with E-state index in [4.69, 9.17) is 7.67 Å². The van der Waals surface area contributed by atoms with Crippen molar-refractivity contribution in [2.45, 2.75) is 91.0 Å². The van der Waals surface area contributed by atoms with Gasteiger partial charge in [0.15, 0.2) is 8.24 Å². The monoisotopic (exact) mass is 781 g/mol. The molecule has 0 aromatic carbocycles. The molecule has 13 heteroatoms. The van der Waals surface area contributed by atoms with Crippen LogP contribution < -0.4 is 20.3 Å². The maximum absolute atomic E-state index is 8.41. The molecule has 0 bridgehead atoms. The minimum atomic E-state index is -1.48. The Morgan fingerprint density at radius 3 is 2.04 bits per heavy atom. The molecule has 0 unspecified atom stereocenters. The number of nitrogens with one attached hydrogen (secondary N) is 2. The second kappa shape index (κ2) is 15.4. The number of hydrogen-bond acceptors (Lipinski definition) is 7. The van der Waals surface area contributed by atoms with Crippen LogP contribution in [0.5, 0.6) is 0 Å². The molecule has 0 amide bonds. The van der Waals surface area contributed by atoms with Gasteiger partial charge in [-0.25, -0.2) is 15.0 Å². The zero-order valence-corrected chi connectivity index (χ0v) is 35.1. The summed E-state index contributed by atoms with van der Waals surface area (Å²) < 4.78 is 20.5. The third-order valence-corrected chi connectivity index (χ3v) is 19.0. The first kappa shape index (κ1) is 38.3. The summed E-state index contributed by atoms with van der Waals surface area (Å²) in [6, 6.07) is 8.89. The van der Waals surface area contributed by atoms with Crippen LogP contribution in [0, 0.1) is 0 Å². The van der Waals surface area contributed by atoms with Gasteiger partial charge in [0.1, 0.15) is 17.3 Å². The van der Waals surface area contributed by atoms with Crippen LogP contribution in [0.15, 0.2) is 53.5 Å². The van der Waals surface area contributed by atoms with E-state index in [0.29, 0.717) is 5.04 Å². The van der Waals surface area contributed by atoms with Crippen molar-refractivity contribution in [1.82, 2.24) is 19.9 Å². The summed E-state index contributed by atoms with van der Waals surface area (Å²) in [5, 5.41) is 7.75. The number of H-pyrrole nitrogens is 1. The summed E-state index contributed by atoms with van der Waals surface area (Å²) in [6.07, 6.45) is 10.2. The first-order valence-corrected chi connectivity index (χ1v) is 27.5. The number of pyridine rings is 3. The Kier molecular flexibility index (Phi) is 12.8. The van der Waals surface area contributed by atoms with Gasteiger partial charge in [0.2, 0.25) is 0 Å². The molecule has 2 aliphatic rings. The molecule has 46 heavy (non-hydrogen) atoms. The third-order valence-electron chi connectivity index (χ3n) is 9.07. The molecule has 0 fully saturated rings. The van der Waals surface area contributed by atoms with E-state index in [2.05, 4.69) is 143 Å². The SMILES string of the molecule is CC(C)(C)[Si](C)(C)N1CCc2cc(Br)cnc21.C[Si](C)(C)c1cnc2[nH]ccc2c1.C[Si](C)(C)c1cnc2c(c1)CCN2.[O]=[Mn]=[O]. The molecule has 0 radical (unpaired) electrons. The average molecular weight is 783 g/mol. The van der Waals surface area contributed by atoms with Crippen LogP contribution in [0.3, 0.4) is 0 Å². The van der Waals surface area contributed by atoms with Gasteiger partial charge < -0.3 is 14.9 Å². The number of aromatic nitrogens is 4. The standard InChI is InChI=1S/C13H21BrN2Si.C10H16N2Si.C10H14N2Si.Mn.2O/c1-13(2,3)17(4,5)16-7-6-10-8-11(14)9-15-12(10)16;2*1-13(2,3)9-6-8-4-5-11-10(8)12-7-9;;;/h8-9H,6-7H2,1-5H3;6-7H,4-5H2,1-3H3,(H,11,12);4-7H,1-3H3,(H,11,12);;;. The van der Waals surface area contributed by atoms with Gasteiger partial charge in [-0.1, -0.05) is 85.3 Å². The molecule has 2 aliphatic heterocycles. The molecule has 8 nitrogen and oxygen atoms in total. The number of rotatable bonds is 3. The van der Waals surface area contributed by atoms with E-state index in [9.17, 15) is 0 Å². The second-order valence-corrected chi connectivity index (χ2v) is 31.9. The fraction of sp³-hybridized carbons (Fsp3) is 0.485. The van der Waals surface area contributed by atoms with Crippen molar-refractivity contribution in [3.63, 3.8) is 0 Å². The van der Waals surface area contributed by atoms with Crippen molar-refractivity contribution in [3.8, 4) is 0 Å². The summed E-state index contributed by atoms with van der Waals surface area (Å²) in [7, 11) is -3.85. The molecule has 4 aromatic heterocycles. The van der Waals surface area contributed by atoms with E-state index in [0.717, 1.165) is 41.9 Å². The third kappa shape index (κ3) is 9.70. The van der Waals surface area contributed by atoms with Crippen LogP contribution in [-0.2, 0) is 35.3 Å². The molecule has 0 saturated heterocycles. The molecule has 0 saturated carbocycles. The van der Waals surface area contributed by atoms with Gasteiger partial charge in [-0.15, -0.1) is 0 Å². The summed E-state index contributed by atoms with van der Waals surface area (Å²) in [5.74, 6) is 2.32. The van der Waals surface area contributed by atoms with Gasteiger partial charge in [0.05, 0.1) is 16.1 Å². The Bertz CT molecular complexity index is 1670. The molecule has 0 aliphatic carbocycles. The first-order valence-electron chi connectivity index (χ1n) is 15.8. The van der Waals surface area contributed by atoms with Gasteiger partial charge in [0, 0.05) is 47.7 Å². The molecule has 6 rings (SSSR count). The van der Waals surface area contributed by atoms with Crippen molar-refractivity contribution in [2.75, 3.05) is 23.0 Å². The Morgan fingerprint density at radius 2 is 1.43 bits per heavy atom. The zero-order chi connectivity index (χ0) is 34.5. The van der Waals surface area contributed by atoms with Crippen molar-refractivity contribution >= 4 is 73.4 Å². The van der Waals surface area contributed by atoms with Crippen LogP contribution in [0.2, 0.25) is 57.4 Å². The summed E-state index contributed by atoms with van der Waals surface area (Å²) >= 11 is 2.07. The first-order chi connectivity index (χ1) is 21.3. The number of anilines is 2. The Hall–Kier alpha value is -2.16. The average Bonchev–Trinajstić information content (AvgIpc) is 3.71. The molecule has 251 valence electrons. The predicted molar refractivity (Wildman–Crippen MR) is 200 cm³/mol. The molecule has 0 atom stereocenters. The topological polar surface area (TPSA) is 104 Å². The van der Waals surface area contributed by atoms with Crippen molar-refractivity contribution in [2.24, 2.45) is 0 Å². The van der Waals surface area contributed by atoms with Gasteiger partial charge in [0.25, 0.3) is 0 Å². The second-order valence-electron chi connectivity index (χ2n) is 15.5. The predicted octanol–water partition coefficient (Wildman–Crippen LogP) is 7.67. The molecule has 0 spiro atoms. The van der Waals surface area contributed by atoms with E-state index in [1.807, 2.05) is 24.8 Å². The Morgan fingerprint density at radius 1 is 0.826 bits per heavy atom. The summed E-state index contributed by atoms with van der Waals surface area (Å²) in [4.78, 5) is 16.6.